The van der Waals surface area contributed by atoms with Crippen LogP contribution in [-0.2, 0) is 47.6 Å². The molecule has 0 atom stereocenters. The highest BCUT2D eigenvalue weighted by Gasteiger charge is 2.49. The predicted octanol–water partition coefficient (Wildman–Crippen LogP) is 2.69. The number of carbonyl (C=O) groups is 4. The normalized spacial score (nSPS) is 10.9. The van der Waals surface area contributed by atoms with Gasteiger partial charge in [0.15, 0.2) is 11.8 Å². The maximum Gasteiger partial charge on any atom is 0.320 e. The third-order valence-electron chi connectivity index (χ3n) is 5.22. The van der Waals surface area contributed by atoms with Crippen LogP contribution in [0, 0.1) is 11.8 Å². The van der Waals surface area contributed by atoms with Crippen molar-refractivity contribution in [3.05, 3.63) is 29.8 Å². The summed E-state index contributed by atoms with van der Waals surface area (Å²) < 4.78 is 36.9. The van der Waals surface area contributed by atoms with Gasteiger partial charge in [-0.15, -0.1) is 0 Å². The third-order valence-corrected chi connectivity index (χ3v) is 5.22. The van der Waals surface area contributed by atoms with E-state index in [0.717, 1.165) is 0 Å². The van der Waals surface area contributed by atoms with E-state index in [1.807, 2.05) is 6.92 Å². The van der Waals surface area contributed by atoms with Gasteiger partial charge in [-0.1, -0.05) is 12.1 Å². The van der Waals surface area contributed by atoms with Gasteiger partial charge < -0.3 is 33.2 Å². The molecule has 0 aliphatic rings. The van der Waals surface area contributed by atoms with E-state index < -0.39 is 41.6 Å². The van der Waals surface area contributed by atoms with Crippen molar-refractivity contribution >= 4 is 23.9 Å². The van der Waals surface area contributed by atoms with Crippen LogP contribution in [-0.4, -0.2) is 83.3 Å². The Morgan fingerprint density at radius 1 is 0.553 bits per heavy atom. The molecule has 38 heavy (non-hydrogen) atoms. The van der Waals surface area contributed by atoms with Gasteiger partial charge in [-0.3, -0.25) is 19.2 Å². The fraction of sp³-hybridized carbons (Fsp3) is 0.630. The predicted molar refractivity (Wildman–Crippen MR) is 136 cm³/mol. The molecule has 0 bridgehead atoms. The molecule has 11 nitrogen and oxygen atoms in total. The van der Waals surface area contributed by atoms with E-state index in [1.165, 1.54) is 0 Å². The second-order valence-electron chi connectivity index (χ2n) is 7.72. The minimum Gasteiger partial charge on any atom is -0.491 e. The van der Waals surface area contributed by atoms with Crippen molar-refractivity contribution in [1.29, 1.82) is 0 Å². The van der Waals surface area contributed by atoms with Gasteiger partial charge in [0.25, 0.3) is 0 Å². The third kappa shape index (κ3) is 10.7. The molecule has 1 rings (SSSR count). The largest absolute Gasteiger partial charge is 0.491 e. The van der Waals surface area contributed by atoms with E-state index in [0.29, 0.717) is 37.7 Å². The lowest BCUT2D eigenvalue weighted by Crippen LogP contribution is -2.43. The number of benzene rings is 1. The van der Waals surface area contributed by atoms with E-state index in [1.54, 1.807) is 52.0 Å². The molecule has 0 radical (unpaired) electrons. The molecule has 0 aromatic heterocycles. The Morgan fingerprint density at radius 3 is 1.34 bits per heavy atom. The molecule has 0 heterocycles. The number of ether oxygens (including phenoxy) is 7. The summed E-state index contributed by atoms with van der Waals surface area (Å²) in [6.07, 6.45) is 0. The first-order valence-corrected chi connectivity index (χ1v) is 12.9. The van der Waals surface area contributed by atoms with Crippen LogP contribution < -0.4 is 4.74 Å². The van der Waals surface area contributed by atoms with E-state index in [-0.39, 0.29) is 33.0 Å². The van der Waals surface area contributed by atoms with Crippen LogP contribution in [0.15, 0.2) is 24.3 Å². The van der Waals surface area contributed by atoms with Gasteiger partial charge >= 0.3 is 23.9 Å². The molecule has 11 heteroatoms. The highest BCUT2D eigenvalue weighted by Crippen LogP contribution is 2.37. The van der Waals surface area contributed by atoms with Crippen LogP contribution in [0.2, 0.25) is 0 Å². The first kappa shape index (κ1) is 32.8. The van der Waals surface area contributed by atoms with E-state index in [4.69, 9.17) is 33.2 Å². The molecular formula is C27H40O11. The van der Waals surface area contributed by atoms with Gasteiger partial charge in [-0.2, -0.15) is 0 Å². The number of hydrogen-bond donors (Lipinski definition) is 0. The fourth-order valence-corrected chi connectivity index (χ4v) is 3.65. The van der Waals surface area contributed by atoms with Crippen LogP contribution in [0.3, 0.4) is 0 Å². The molecule has 214 valence electrons. The zero-order valence-corrected chi connectivity index (χ0v) is 22.9. The average molecular weight is 541 g/mol. The summed E-state index contributed by atoms with van der Waals surface area (Å²) in [5.74, 6) is -7.81. The van der Waals surface area contributed by atoms with E-state index in [2.05, 4.69) is 0 Å². The van der Waals surface area contributed by atoms with Crippen molar-refractivity contribution in [2.45, 2.75) is 40.5 Å². The molecule has 0 unspecified atom stereocenters. The smallest absolute Gasteiger partial charge is 0.320 e. The van der Waals surface area contributed by atoms with Crippen LogP contribution in [0.4, 0.5) is 0 Å². The van der Waals surface area contributed by atoms with Crippen LogP contribution in [0.5, 0.6) is 5.75 Å². The second kappa shape index (κ2) is 19.0. The van der Waals surface area contributed by atoms with Gasteiger partial charge in [0.1, 0.15) is 12.4 Å². The number of rotatable bonds is 19. The van der Waals surface area contributed by atoms with Crippen molar-refractivity contribution in [1.82, 2.24) is 0 Å². The highest BCUT2D eigenvalue weighted by molar-refractivity contribution is 6.01. The van der Waals surface area contributed by atoms with Gasteiger partial charge in [0, 0.05) is 12.5 Å². The first-order valence-electron chi connectivity index (χ1n) is 12.9. The lowest BCUT2D eigenvalue weighted by molar-refractivity contribution is -0.169. The maximum atomic E-state index is 13.0. The molecule has 0 spiro atoms. The Labute approximate surface area is 224 Å². The van der Waals surface area contributed by atoms with Crippen molar-refractivity contribution in [3.63, 3.8) is 0 Å². The van der Waals surface area contributed by atoms with Crippen molar-refractivity contribution in [3.8, 4) is 5.75 Å². The maximum absolute atomic E-state index is 13.0. The number of hydrogen-bond acceptors (Lipinski definition) is 11. The lowest BCUT2D eigenvalue weighted by atomic mass is 9.76. The van der Waals surface area contributed by atoms with Gasteiger partial charge in [-0.05, 0) is 52.3 Å². The monoisotopic (exact) mass is 540 g/mol. The summed E-state index contributed by atoms with van der Waals surface area (Å²) in [4.78, 5) is 52.0. The lowest BCUT2D eigenvalue weighted by Gasteiger charge is -2.29. The van der Waals surface area contributed by atoms with Crippen LogP contribution in [0.1, 0.15) is 46.1 Å². The molecule has 0 fully saturated rings. The summed E-state index contributed by atoms with van der Waals surface area (Å²) in [5, 5.41) is 0. The number of carbonyl (C=O) groups excluding carboxylic acids is 4. The highest BCUT2D eigenvalue weighted by atomic mass is 16.6. The summed E-state index contributed by atoms with van der Waals surface area (Å²) in [6.45, 7) is 10.3. The zero-order chi connectivity index (χ0) is 28.3. The molecule has 0 saturated carbocycles. The molecule has 1 aromatic carbocycles. The SMILES string of the molecule is CCOCCOCCOc1ccc(C(C(C(=O)OCC)C(=O)OCC)C(C(=O)OCC)C(=O)OCC)cc1. The quantitative estimate of drug-likeness (QED) is 0.111. The van der Waals surface area contributed by atoms with E-state index in [9.17, 15) is 19.2 Å². The molecule has 0 N–H and O–H groups in total. The summed E-state index contributed by atoms with van der Waals surface area (Å²) in [7, 11) is 0. The van der Waals surface area contributed by atoms with Gasteiger partial charge in [0.05, 0.1) is 46.2 Å². The molecule has 1 aromatic rings. The van der Waals surface area contributed by atoms with Crippen LogP contribution in [0.25, 0.3) is 0 Å². The Hall–Kier alpha value is -3.18. The van der Waals surface area contributed by atoms with E-state index >= 15 is 0 Å². The van der Waals surface area contributed by atoms with Gasteiger partial charge in [-0.25, -0.2) is 0 Å². The Bertz CT molecular complexity index is 777. The minimum absolute atomic E-state index is 0.0235. The fourth-order valence-electron chi connectivity index (χ4n) is 3.65. The summed E-state index contributed by atoms with van der Waals surface area (Å²) in [6, 6.07) is 6.33. The molecular weight excluding hydrogens is 500 g/mol. The second-order valence-corrected chi connectivity index (χ2v) is 7.72. The zero-order valence-electron chi connectivity index (χ0n) is 22.9. The van der Waals surface area contributed by atoms with Crippen LogP contribution >= 0.6 is 0 Å². The van der Waals surface area contributed by atoms with Crippen molar-refractivity contribution < 1.29 is 52.3 Å². The Balaban J connectivity index is 3.35. The van der Waals surface area contributed by atoms with Crippen molar-refractivity contribution in [2.75, 3.05) is 59.5 Å². The first-order chi connectivity index (χ1) is 18.4. The Morgan fingerprint density at radius 2 is 0.947 bits per heavy atom. The molecule has 0 aliphatic heterocycles. The van der Waals surface area contributed by atoms with Gasteiger partial charge in [0.2, 0.25) is 0 Å². The van der Waals surface area contributed by atoms with Crippen molar-refractivity contribution in [2.24, 2.45) is 11.8 Å². The molecule has 0 aliphatic carbocycles. The number of esters is 4. The summed E-state index contributed by atoms with van der Waals surface area (Å²) in [5.41, 5.74) is 0.322. The standard InChI is InChI=1S/C27H40O11/c1-6-32-15-16-33-17-18-38-20-13-11-19(12-14-20)21(22(24(28)34-7-2)25(29)35-8-3)23(26(30)36-9-4)27(31)37-10-5/h11-14,21-23H,6-10,15-18H2,1-5H3. The molecule has 0 saturated heterocycles. The average Bonchev–Trinajstić information content (AvgIpc) is 2.89. The molecule has 0 amide bonds. The minimum atomic E-state index is -1.63. The summed E-state index contributed by atoms with van der Waals surface area (Å²) >= 11 is 0. The Kier molecular flexibility index (Phi) is 16.4. The topological polar surface area (TPSA) is 133 Å².